The zero-order chi connectivity index (χ0) is 19.8. The van der Waals surface area contributed by atoms with Gasteiger partial charge in [0.05, 0.1) is 38.6 Å². The first-order valence-corrected chi connectivity index (χ1v) is 11.0. The van der Waals surface area contributed by atoms with Gasteiger partial charge in [-0.15, -0.1) is 0 Å². The summed E-state index contributed by atoms with van der Waals surface area (Å²) in [6.45, 7) is -0.511. The van der Waals surface area contributed by atoms with E-state index < -0.39 is 32.1 Å². The summed E-state index contributed by atoms with van der Waals surface area (Å²) < 4.78 is 52.1. The monoisotopic (exact) mass is 408 g/mol. The molecule has 0 saturated heterocycles. The molecule has 0 heterocycles. The van der Waals surface area contributed by atoms with Gasteiger partial charge in [0.1, 0.15) is 0 Å². The van der Waals surface area contributed by atoms with Crippen molar-refractivity contribution in [3.05, 3.63) is 24.3 Å². The van der Waals surface area contributed by atoms with Crippen LogP contribution in [0.3, 0.4) is 0 Å². The summed E-state index contributed by atoms with van der Waals surface area (Å²) in [6, 6.07) is 6.16. The first-order valence-electron chi connectivity index (χ1n) is 7.33. The Hall–Kier alpha value is -2.02. The van der Waals surface area contributed by atoms with Gasteiger partial charge in [-0.3, -0.25) is 18.0 Å². The molecule has 10 nitrogen and oxygen atoms in total. The molecule has 2 amide bonds. The lowest BCUT2D eigenvalue weighted by Crippen LogP contribution is -2.16. The van der Waals surface area contributed by atoms with Crippen LogP contribution in [0, 0.1) is 0 Å². The highest BCUT2D eigenvalue weighted by atomic mass is 32.2. The summed E-state index contributed by atoms with van der Waals surface area (Å²) >= 11 is 0. The Morgan fingerprint density at radius 2 is 1.08 bits per heavy atom. The van der Waals surface area contributed by atoms with Gasteiger partial charge in [-0.2, -0.15) is 16.8 Å². The van der Waals surface area contributed by atoms with Crippen molar-refractivity contribution >= 4 is 43.4 Å². The SMILES string of the molecule is CS(=O)(=O)OCCC(=O)Nc1ccc(NC(=O)CCOS(C)(=O)=O)cc1. The van der Waals surface area contributed by atoms with E-state index in [1.807, 2.05) is 0 Å². The van der Waals surface area contributed by atoms with Crippen LogP contribution in [-0.4, -0.2) is 54.4 Å². The van der Waals surface area contributed by atoms with E-state index in [0.717, 1.165) is 12.5 Å². The van der Waals surface area contributed by atoms with E-state index in [2.05, 4.69) is 19.0 Å². The molecule has 1 aromatic rings. The third kappa shape index (κ3) is 10.8. The van der Waals surface area contributed by atoms with Crippen molar-refractivity contribution in [3.63, 3.8) is 0 Å². The zero-order valence-corrected chi connectivity index (χ0v) is 15.9. The number of amides is 2. The van der Waals surface area contributed by atoms with Gasteiger partial charge >= 0.3 is 0 Å². The van der Waals surface area contributed by atoms with Gasteiger partial charge in [0.15, 0.2) is 0 Å². The van der Waals surface area contributed by atoms with Gasteiger partial charge in [-0.05, 0) is 24.3 Å². The van der Waals surface area contributed by atoms with Crippen molar-refractivity contribution in [1.29, 1.82) is 0 Å². The minimum Gasteiger partial charge on any atom is -0.326 e. The standard InChI is InChI=1S/C14H20N2O8S2/c1-25(19,20)23-9-7-13(17)15-11-3-5-12(6-4-11)16-14(18)8-10-24-26(2,21)22/h3-6H,7-10H2,1-2H3,(H,15,17)(H,16,18). The summed E-state index contributed by atoms with van der Waals surface area (Å²) in [5.74, 6) is -0.855. The van der Waals surface area contributed by atoms with Crippen LogP contribution >= 0.6 is 0 Å². The Kier molecular flexibility index (Phi) is 8.14. The normalized spacial score (nSPS) is 11.8. The molecule has 0 radical (unpaired) electrons. The van der Waals surface area contributed by atoms with E-state index in [1.165, 1.54) is 24.3 Å². The van der Waals surface area contributed by atoms with Crippen LogP contribution in [0.15, 0.2) is 24.3 Å². The number of rotatable bonds is 10. The molecule has 0 bridgehead atoms. The summed E-state index contributed by atoms with van der Waals surface area (Å²) in [5.41, 5.74) is 0.903. The maximum Gasteiger partial charge on any atom is 0.264 e. The van der Waals surface area contributed by atoms with Gasteiger partial charge in [0, 0.05) is 11.4 Å². The molecule has 2 N–H and O–H groups in total. The van der Waals surface area contributed by atoms with Gasteiger partial charge in [-0.25, -0.2) is 0 Å². The largest absolute Gasteiger partial charge is 0.326 e. The number of anilines is 2. The Balaban J connectivity index is 2.40. The maximum absolute atomic E-state index is 11.6. The molecule has 0 unspecified atom stereocenters. The van der Waals surface area contributed by atoms with Crippen LogP contribution in [0.1, 0.15) is 12.8 Å². The van der Waals surface area contributed by atoms with E-state index in [0.29, 0.717) is 11.4 Å². The third-order valence-electron chi connectivity index (χ3n) is 2.71. The lowest BCUT2D eigenvalue weighted by Gasteiger charge is -2.08. The molecule has 0 fully saturated rings. The van der Waals surface area contributed by atoms with Gasteiger partial charge < -0.3 is 10.6 Å². The Labute approximate surface area is 152 Å². The third-order valence-corrected chi connectivity index (χ3v) is 3.90. The summed E-state index contributed by atoms with van der Waals surface area (Å²) in [4.78, 5) is 23.3. The number of hydrogen-bond donors (Lipinski definition) is 2. The second-order valence-corrected chi connectivity index (χ2v) is 8.51. The zero-order valence-electron chi connectivity index (χ0n) is 14.2. The van der Waals surface area contributed by atoms with E-state index in [4.69, 9.17) is 0 Å². The minimum atomic E-state index is -3.59. The van der Waals surface area contributed by atoms with Crippen molar-refractivity contribution in [1.82, 2.24) is 0 Å². The van der Waals surface area contributed by atoms with E-state index in [-0.39, 0.29) is 26.1 Å². The maximum atomic E-state index is 11.6. The van der Waals surface area contributed by atoms with Crippen LogP contribution in [0.5, 0.6) is 0 Å². The fraction of sp³-hybridized carbons (Fsp3) is 0.429. The molecule has 146 valence electrons. The highest BCUT2D eigenvalue weighted by molar-refractivity contribution is 7.86. The van der Waals surface area contributed by atoms with Crippen LogP contribution in [0.25, 0.3) is 0 Å². The van der Waals surface area contributed by atoms with Gasteiger partial charge in [0.25, 0.3) is 20.2 Å². The highest BCUT2D eigenvalue weighted by Crippen LogP contribution is 2.14. The minimum absolute atomic E-state index is 0.133. The predicted octanol–water partition coefficient (Wildman–Crippen LogP) is 0.296. The summed E-state index contributed by atoms with van der Waals surface area (Å²) in [7, 11) is -7.17. The van der Waals surface area contributed by atoms with Crippen molar-refractivity contribution in [2.24, 2.45) is 0 Å². The fourth-order valence-electron chi connectivity index (χ4n) is 1.66. The van der Waals surface area contributed by atoms with Crippen molar-refractivity contribution in [2.45, 2.75) is 12.8 Å². The number of carbonyl (C=O) groups is 2. The van der Waals surface area contributed by atoms with Crippen molar-refractivity contribution in [2.75, 3.05) is 36.4 Å². The van der Waals surface area contributed by atoms with E-state index in [1.54, 1.807) is 0 Å². The molecule has 0 atom stereocenters. The number of carbonyl (C=O) groups excluding carboxylic acids is 2. The number of hydrogen-bond acceptors (Lipinski definition) is 8. The first-order chi connectivity index (χ1) is 11.9. The molecule has 0 spiro atoms. The number of benzene rings is 1. The average Bonchev–Trinajstić information content (AvgIpc) is 2.46. The molecule has 0 saturated carbocycles. The second-order valence-electron chi connectivity index (χ2n) is 5.23. The molecule has 1 rings (SSSR count). The number of nitrogens with one attached hydrogen (secondary N) is 2. The second kappa shape index (κ2) is 9.62. The smallest absolute Gasteiger partial charge is 0.264 e. The molecule has 0 aliphatic carbocycles. The van der Waals surface area contributed by atoms with E-state index >= 15 is 0 Å². The fourth-order valence-corrected chi connectivity index (χ4v) is 2.43. The lowest BCUT2D eigenvalue weighted by molar-refractivity contribution is -0.117. The lowest BCUT2D eigenvalue weighted by atomic mass is 10.2. The molecular formula is C14H20N2O8S2. The average molecular weight is 408 g/mol. The quantitative estimate of drug-likeness (QED) is 0.526. The Morgan fingerprint density at radius 1 is 0.769 bits per heavy atom. The van der Waals surface area contributed by atoms with Crippen LogP contribution in [-0.2, 0) is 38.2 Å². The van der Waals surface area contributed by atoms with Crippen LogP contribution < -0.4 is 10.6 Å². The first kappa shape index (κ1) is 22.0. The topological polar surface area (TPSA) is 145 Å². The van der Waals surface area contributed by atoms with Gasteiger partial charge in [0.2, 0.25) is 11.8 Å². The van der Waals surface area contributed by atoms with E-state index in [9.17, 15) is 26.4 Å². The van der Waals surface area contributed by atoms with Crippen LogP contribution in [0.2, 0.25) is 0 Å². The molecular weight excluding hydrogens is 388 g/mol. The van der Waals surface area contributed by atoms with Crippen molar-refractivity contribution in [3.8, 4) is 0 Å². The molecule has 1 aromatic carbocycles. The molecule has 0 aliphatic heterocycles. The van der Waals surface area contributed by atoms with Crippen molar-refractivity contribution < 1.29 is 34.8 Å². The predicted molar refractivity (Wildman–Crippen MR) is 94.5 cm³/mol. The molecule has 0 aromatic heterocycles. The summed E-state index contributed by atoms with van der Waals surface area (Å²) in [6.07, 6.45) is 1.52. The van der Waals surface area contributed by atoms with Gasteiger partial charge in [-0.1, -0.05) is 0 Å². The van der Waals surface area contributed by atoms with Crippen LogP contribution in [0.4, 0.5) is 11.4 Å². The molecule has 0 aliphatic rings. The summed E-state index contributed by atoms with van der Waals surface area (Å²) in [5, 5.41) is 5.09. The highest BCUT2D eigenvalue weighted by Gasteiger charge is 2.08. The molecule has 12 heteroatoms. The Bertz CT molecular complexity index is 761. The molecule has 26 heavy (non-hydrogen) atoms. The Morgan fingerprint density at radius 3 is 1.35 bits per heavy atom.